The zero-order valence-corrected chi connectivity index (χ0v) is 13.2. The van der Waals surface area contributed by atoms with Crippen molar-refractivity contribution < 1.29 is 14.5 Å². The average Bonchev–Trinajstić information content (AvgIpc) is 2.78. The van der Waals surface area contributed by atoms with E-state index in [2.05, 4.69) is 21.2 Å². The van der Waals surface area contributed by atoms with Crippen LogP contribution in [0.3, 0.4) is 0 Å². The van der Waals surface area contributed by atoms with E-state index in [9.17, 15) is 19.7 Å². The molecule has 1 N–H and O–H groups in total. The second kappa shape index (κ2) is 5.81. The molecule has 1 heterocycles. The first-order valence-electron chi connectivity index (χ1n) is 6.62. The van der Waals surface area contributed by atoms with E-state index in [-0.39, 0.29) is 18.0 Å². The molecule has 0 fully saturated rings. The van der Waals surface area contributed by atoms with E-state index < -0.39 is 16.7 Å². The Hall–Kier alpha value is -2.74. The highest BCUT2D eigenvalue weighted by Crippen LogP contribution is 2.29. The van der Waals surface area contributed by atoms with Gasteiger partial charge in [0, 0.05) is 10.5 Å². The summed E-state index contributed by atoms with van der Waals surface area (Å²) in [5, 5.41) is 13.9. The zero-order valence-electron chi connectivity index (χ0n) is 11.7. The number of amides is 2. The van der Waals surface area contributed by atoms with Crippen molar-refractivity contribution in [3.8, 4) is 0 Å². The van der Waals surface area contributed by atoms with E-state index >= 15 is 0 Å². The lowest BCUT2D eigenvalue weighted by Crippen LogP contribution is -2.34. The van der Waals surface area contributed by atoms with Gasteiger partial charge >= 0.3 is 0 Å². The maximum absolute atomic E-state index is 12.2. The lowest BCUT2D eigenvalue weighted by Gasteiger charge is -2.15. The fourth-order valence-corrected chi connectivity index (χ4v) is 2.70. The van der Waals surface area contributed by atoms with Crippen LogP contribution in [-0.2, 0) is 0 Å². The fraction of sp³-hybridized carbons (Fsp3) is 0.0667. The summed E-state index contributed by atoms with van der Waals surface area (Å²) in [6.07, 6.45) is 0. The number of hydrogen-bond donors (Lipinski definition) is 1. The number of nitro benzene ring substituents is 1. The van der Waals surface area contributed by atoms with Crippen LogP contribution in [0.5, 0.6) is 0 Å². The summed E-state index contributed by atoms with van der Waals surface area (Å²) < 4.78 is 0.565. The topological polar surface area (TPSA) is 92.6 Å². The van der Waals surface area contributed by atoms with Crippen molar-refractivity contribution in [3.63, 3.8) is 0 Å². The van der Waals surface area contributed by atoms with Crippen LogP contribution < -0.4 is 5.32 Å². The molecule has 0 radical (unpaired) electrons. The van der Waals surface area contributed by atoms with Gasteiger partial charge in [0.25, 0.3) is 17.5 Å². The van der Waals surface area contributed by atoms with E-state index in [1.807, 2.05) is 0 Å². The van der Waals surface area contributed by atoms with E-state index in [1.54, 1.807) is 30.3 Å². The number of nitrogens with zero attached hydrogens (tertiary/aromatic N) is 2. The molecule has 0 spiro atoms. The molecule has 23 heavy (non-hydrogen) atoms. The Balaban J connectivity index is 1.82. The van der Waals surface area contributed by atoms with E-state index in [0.717, 1.165) is 4.90 Å². The molecular formula is C15H10BrN3O4. The molecular weight excluding hydrogens is 366 g/mol. The maximum atomic E-state index is 12.2. The van der Waals surface area contributed by atoms with Crippen LogP contribution >= 0.6 is 15.9 Å². The number of rotatable bonds is 4. The summed E-state index contributed by atoms with van der Waals surface area (Å²) in [6.45, 7) is -0.144. The second-order valence-electron chi connectivity index (χ2n) is 4.84. The molecule has 2 aromatic rings. The van der Waals surface area contributed by atoms with Crippen LogP contribution in [-0.4, -0.2) is 28.3 Å². The smallest absolute Gasteiger partial charge is 0.293 e. The number of benzene rings is 2. The van der Waals surface area contributed by atoms with Crippen molar-refractivity contribution in [3.05, 3.63) is 68.2 Å². The molecule has 0 bridgehead atoms. The number of fused-ring (bicyclic) bond motifs is 1. The van der Waals surface area contributed by atoms with Gasteiger partial charge in [-0.2, -0.15) is 0 Å². The molecule has 0 saturated carbocycles. The van der Waals surface area contributed by atoms with Crippen molar-refractivity contribution in [2.75, 3.05) is 12.0 Å². The minimum Gasteiger partial charge on any atom is -0.362 e. The standard InChI is InChI=1S/C15H10BrN3O4/c16-9-5-6-12(13(7-9)19(22)23)17-8-18-14(20)10-3-1-2-4-11(10)15(18)21/h1-7,17H,8H2. The largest absolute Gasteiger partial charge is 0.362 e. The molecule has 8 heteroatoms. The number of nitrogens with one attached hydrogen (secondary N) is 1. The van der Waals surface area contributed by atoms with Crippen molar-refractivity contribution >= 4 is 39.1 Å². The zero-order chi connectivity index (χ0) is 16.6. The maximum Gasteiger partial charge on any atom is 0.293 e. The Morgan fingerprint density at radius 3 is 2.26 bits per heavy atom. The Morgan fingerprint density at radius 1 is 1.09 bits per heavy atom. The summed E-state index contributed by atoms with van der Waals surface area (Å²) in [4.78, 5) is 36.0. The summed E-state index contributed by atoms with van der Waals surface area (Å²) in [5.74, 6) is -0.837. The quantitative estimate of drug-likeness (QED) is 0.503. The minimum absolute atomic E-state index is 0.143. The first-order valence-corrected chi connectivity index (χ1v) is 7.41. The third-order valence-electron chi connectivity index (χ3n) is 3.46. The van der Waals surface area contributed by atoms with Gasteiger partial charge in [-0.3, -0.25) is 24.6 Å². The third-order valence-corrected chi connectivity index (χ3v) is 3.96. The van der Waals surface area contributed by atoms with E-state index in [1.165, 1.54) is 12.1 Å². The predicted octanol–water partition coefficient (Wildman–Crippen LogP) is 3.02. The van der Waals surface area contributed by atoms with Crippen LogP contribution in [0, 0.1) is 10.1 Å². The number of halogens is 1. The molecule has 1 aliphatic rings. The molecule has 116 valence electrons. The lowest BCUT2D eigenvalue weighted by atomic mass is 10.1. The van der Waals surface area contributed by atoms with Gasteiger partial charge in [0.2, 0.25) is 0 Å². The Morgan fingerprint density at radius 2 is 1.70 bits per heavy atom. The number of anilines is 1. The van der Waals surface area contributed by atoms with Crippen LogP contribution in [0.4, 0.5) is 11.4 Å². The van der Waals surface area contributed by atoms with E-state index in [0.29, 0.717) is 15.6 Å². The number of carbonyl (C=O) groups excluding carboxylic acids is 2. The molecule has 7 nitrogen and oxygen atoms in total. The van der Waals surface area contributed by atoms with Crippen LogP contribution in [0.2, 0.25) is 0 Å². The summed E-state index contributed by atoms with van der Waals surface area (Å²) in [7, 11) is 0. The first-order chi connectivity index (χ1) is 11.0. The second-order valence-corrected chi connectivity index (χ2v) is 5.75. The molecule has 0 saturated heterocycles. The Bertz CT molecular complexity index is 802. The van der Waals surface area contributed by atoms with Crippen LogP contribution in [0.15, 0.2) is 46.9 Å². The van der Waals surface area contributed by atoms with Gasteiger partial charge in [0.1, 0.15) is 5.69 Å². The summed E-state index contributed by atoms with van der Waals surface area (Å²) >= 11 is 3.17. The van der Waals surface area contributed by atoms with Gasteiger partial charge in [-0.15, -0.1) is 0 Å². The van der Waals surface area contributed by atoms with Gasteiger partial charge in [-0.25, -0.2) is 0 Å². The van der Waals surface area contributed by atoms with Gasteiger partial charge in [0.15, 0.2) is 0 Å². The molecule has 0 unspecified atom stereocenters. The average molecular weight is 376 g/mol. The monoisotopic (exact) mass is 375 g/mol. The van der Waals surface area contributed by atoms with Crippen molar-refractivity contribution in [2.45, 2.75) is 0 Å². The highest BCUT2D eigenvalue weighted by atomic mass is 79.9. The van der Waals surface area contributed by atoms with Crippen molar-refractivity contribution in [1.82, 2.24) is 4.90 Å². The summed E-state index contributed by atoms with van der Waals surface area (Å²) in [6, 6.07) is 11.0. The van der Waals surface area contributed by atoms with Gasteiger partial charge < -0.3 is 5.32 Å². The fourth-order valence-electron chi connectivity index (χ4n) is 2.35. The number of carbonyl (C=O) groups is 2. The number of hydrogen-bond acceptors (Lipinski definition) is 5. The molecule has 0 aliphatic carbocycles. The van der Waals surface area contributed by atoms with Gasteiger partial charge in [-0.05, 0) is 24.3 Å². The number of imide groups is 1. The Labute approximate surface area is 139 Å². The predicted molar refractivity (Wildman–Crippen MR) is 86.2 cm³/mol. The molecule has 0 aromatic heterocycles. The van der Waals surface area contributed by atoms with Crippen LogP contribution in [0.1, 0.15) is 20.7 Å². The molecule has 1 aliphatic heterocycles. The molecule has 0 atom stereocenters. The minimum atomic E-state index is -0.532. The summed E-state index contributed by atoms with van der Waals surface area (Å²) in [5.41, 5.74) is 0.764. The van der Waals surface area contributed by atoms with E-state index in [4.69, 9.17) is 0 Å². The van der Waals surface area contributed by atoms with Gasteiger partial charge in [0.05, 0.1) is 22.7 Å². The highest BCUT2D eigenvalue weighted by Gasteiger charge is 2.35. The normalized spacial score (nSPS) is 13.2. The molecule has 3 rings (SSSR count). The number of nitro groups is 1. The highest BCUT2D eigenvalue weighted by molar-refractivity contribution is 9.10. The molecule has 2 amide bonds. The third kappa shape index (κ3) is 2.68. The van der Waals surface area contributed by atoms with Crippen molar-refractivity contribution in [1.29, 1.82) is 0 Å². The van der Waals surface area contributed by atoms with Crippen LogP contribution in [0.25, 0.3) is 0 Å². The van der Waals surface area contributed by atoms with Crippen molar-refractivity contribution in [2.24, 2.45) is 0 Å². The lowest BCUT2D eigenvalue weighted by molar-refractivity contribution is -0.384. The molecule has 2 aromatic carbocycles. The first kappa shape index (κ1) is 15.2. The van der Waals surface area contributed by atoms with Gasteiger partial charge in [-0.1, -0.05) is 28.1 Å². The Kier molecular flexibility index (Phi) is 3.83. The SMILES string of the molecule is O=C1c2ccccc2C(=O)N1CNc1ccc(Br)cc1[N+](=O)[O-].